The number of ether oxygens (including phenoxy) is 1. The normalized spacial score (nSPS) is 20.5. The predicted octanol–water partition coefficient (Wildman–Crippen LogP) is 2.35. The van der Waals surface area contributed by atoms with Gasteiger partial charge in [0.1, 0.15) is 6.61 Å². The van der Waals surface area contributed by atoms with Gasteiger partial charge >= 0.3 is 0 Å². The highest BCUT2D eigenvalue weighted by atomic mass is 16.5. The molecule has 1 saturated carbocycles. The third kappa shape index (κ3) is 4.42. The van der Waals surface area contributed by atoms with Crippen LogP contribution in [0, 0.1) is 0 Å². The minimum Gasteiger partial charge on any atom is -0.371 e. The number of rotatable bonds is 7. The second-order valence-electron chi connectivity index (χ2n) is 5.97. The Labute approximate surface area is 136 Å². The zero-order valence-electron chi connectivity index (χ0n) is 13.2. The molecule has 2 atom stereocenters. The van der Waals surface area contributed by atoms with Crippen LogP contribution in [0.3, 0.4) is 0 Å². The molecule has 3 rings (SSSR count). The molecule has 23 heavy (non-hydrogen) atoms. The fourth-order valence-electron chi connectivity index (χ4n) is 3.18. The fourth-order valence-corrected chi connectivity index (χ4v) is 3.18. The third-order valence-corrected chi connectivity index (χ3v) is 4.34. The summed E-state index contributed by atoms with van der Waals surface area (Å²) in [7, 11) is 0. The minimum absolute atomic E-state index is 0.0323. The second-order valence-corrected chi connectivity index (χ2v) is 5.97. The van der Waals surface area contributed by atoms with E-state index in [2.05, 4.69) is 27.0 Å². The van der Waals surface area contributed by atoms with Crippen LogP contribution in [0.2, 0.25) is 0 Å². The maximum Gasteiger partial charge on any atom is 0.246 e. The summed E-state index contributed by atoms with van der Waals surface area (Å²) in [4.78, 5) is 16.2. The van der Waals surface area contributed by atoms with Gasteiger partial charge in [-0.15, -0.1) is 0 Å². The lowest BCUT2D eigenvalue weighted by atomic mass is 10.1. The largest absolute Gasteiger partial charge is 0.371 e. The SMILES string of the molecule is O=C(COCCc1ccccc1)N[C@@H]1CCC[C@@H]1n1ccnc1. The van der Waals surface area contributed by atoms with Crippen molar-refractivity contribution < 1.29 is 9.53 Å². The van der Waals surface area contributed by atoms with Crippen LogP contribution in [-0.2, 0) is 16.0 Å². The quantitative estimate of drug-likeness (QED) is 0.798. The molecule has 0 radical (unpaired) electrons. The highest BCUT2D eigenvalue weighted by Gasteiger charge is 2.29. The zero-order chi connectivity index (χ0) is 15.9. The number of hydrogen-bond donors (Lipinski definition) is 1. The Balaban J connectivity index is 1.39. The van der Waals surface area contributed by atoms with Gasteiger partial charge in [0.05, 0.1) is 19.0 Å². The van der Waals surface area contributed by atoms with Crippen molar-refractivity contribution in [1.82, 2.24) is 14.9 Å². The molecular formula is C18H23N3O2. The predicted molar refractivity (Wildman–Crippen MR) is 88.0 cm³/mol. The van der Waals surface area contributed by atoms with Crippen molar-refractivity contribution in [2.45, 2.75) is 37.8 Å². The Kier molecular flexibility index (Phi) is 5.42. The highest BCUT2D eigenvalue weighted by molar-refractivity contribution is 5.77. The van der Waals surface area contributed by atoms with Gasteiger partial charge < -0.3 is 14.6 Å². The van der Waals surface area contributed by atoms with E-state index in [4.69, 9.17) is 4.74 Å². The van der Waals surface area contributed by atoms with Crippen LogP contribution < -0.4 is 5.32 Å². The molecule has 1 aromatic heterocycles. The molecule has 1 N–H and O–H groups in total. The number of nitrogens with one attached hydrogen (secondary N) is 1. The molecule has 5 heteroatoms. The van der Waals surface area contributed by atoms with Gasteiger partial charge in [0.15, 0.2) is 0 Å². The number of nitrogens with zero attached hydrogens (tertiary/aromatic N) is 2. The molecule has 1 aliphatic carbocycles. The van der Waals surface area contributed by atoms with E-state index in [0.717, 1.165) is 25.7 Å². The molecule has 1 heterocycles. The van der Waals surface area contributed by atoms with Gasteiger partial charge in [0.2, 0.25) is 5.91 Å². The van der Waals surface area contributed by atoms with Gasteiger partial charge in [-0.1, -0.05) is 30.3 Å². The van der Waals surface area contributed by atoms with E-state index < -0.39 is 0 Å². The molecule has 0 unspecified atom stereocenters. The first kappa shape index (κ1) is 15.7. The van der Waals surface area contributed by atoms with Gasteiger partial charge in [-0.3, -0.25) is 4.79 Å². The molecule has 122 valence electrons. The summed E-state index contributed by atoms with van der Waals surface area (Å²) in [5, 5.41) is 3.10. The molecule has 1 amide bonds. The highest BCUT2D eigenvalue weighted by Crippen LogP contribution is 2.29. The number of carbonyl (C=O) groups excluding carboxylic acids is 1. The Morgan fingerprint density at radius 1 is 1.30 bits per heavy atom. The van der Waals surface area contributed by atoms with E-state index in [1.54, 1.807) is 6.20 Å². The van der Waals surface area contributed by atoms with Crippen LogP contribution in [0.25, 0.3) is 0 Å². The average Bonchev–Trinajstić information content (AvgIpc) is 3.23. The monoisotopic (exact) mass is 313 g/mol. The maximum atomic E-state index is 12.1. The molecule has 1 aromatic carbocycles. The van der Waals surface area contributed by atoms with Crippen LogP contribution in [0.15, 0.2) is 49.1 Å². The van der Waals surface area contributed by atoms with E-state index in [1.165, 1.54) is 5.56 Å². The first-order valence-electron chi connectivity index (χ1n) is 8.21. The smallest absolute Gasteiger partial charge is 0.246 e. The first-order valence-corrected chi connectivity index (χ1v) is 8.21. The van der Waals surface area contributed by atoms with E-state index in [9.17, 15) is 4.79 Å². The van der Waals surface area contributed by atoms with Crippen molar-refractivity contribution in [3.63, 3.8) is 0 Å². The van der Waals surface area contributed by atoms with Crippen molar-refractivity contribution in [1.29, 1.82) is 0 Å². The molecule has 0 spiro atoms. The van der Waals surface area contributed by atoms with Crippen molar-refractivity contribution in [2.75, 3.05) is 13.2 Å². The number of carbonyl (C=O) groups is 1. The molecular weight excluding hydrogens is 290 g/mol. The summed E-state index contributed by atoms with van der Waals surface area (Å²) in [6.07, 6.45) is 9.62. The van der Waals surface area contributed by atoms with Crippen molar-refractivity contribution in [3.8, 4) is 0 Å². The van der Waals surface area contributed by atoms with Gasteiger partial charge in [0, 0.05) is 18.4 Å². The van der Waals surface area contributed by atoms with Crippen molar-refractivity contribution in [3.05, 3.63) is 54.6 Å². The standard InChI is InChI=1S/C18H23N3O2/c22-18(13-23-12-9-15-5-2-1-3-6-15)20-16-7-4-8-17(16)21-11-10-19-14-21/h1-3,5-6,10-11,14,16-17H,4,7-9,12-13H2,(H,20,22)/t16-,17+/m1/s1. The topological polar surface area (TPSA) is 56.1 Å². The number of imidazole rings is 1. The molecule has 1 fully saturated rings. The second kappa shape index (κ2) is 7.92. The summed E-state index contributed by atoms with van der Waals surface area (Å²) >= 11 is 0. The first-order chi connectivity index (χ1) is 11.3. The van der Waals surface area contributed by atoms with E-state index in [0.29, 0.717) is 12.6 Å². The van der Waals surface area contributed by atoms with Crippen molar-refractivity contribution >= 4 is 5.91 Å². The Morgan fingerprint density at radius 3 is 2.96 bits per heavy atom. The number of amides is 1. The molecule has 1 aliphatic rings. The van der Waals surface area contributed by atoms with Gasteiger partial charge in [-0.2, -0.15) is 0 Å². The van der Waals surface area contributed by atoms with Crippen LogP contribution in [-0.4, -0.2) is 34.7 Å². The summed E-state index contributed by atoms with van der Waals surface area (Å²) in [5.74, 6) is -0.0323. The third-order valence-electron chi connectivity index (χ3n) is 4.34. The molecule has 0 saturated heterocycles. The zero-order valence-corrected chi connectivity index (χ0v) is 13.2. The lowest BCUT2D eigenvalue weighted by Gasteiger charge is -2.22. The number of aromatic nitrogens is 2. The van der Waals surface area contributed by atoms with Gasteiger partial charge in [-0.25, -0.2) is 4.98 Å². The number of hydrogen-bond acceptors (Lipinski definition) is 3. The lowest BCUT2D eigenvalue weighted by molar-refractivity contribution is -0.126. The summed E-state index contributed by atoms with van der Waals surface area (Å²) in [6, 6.07) is 10.6. The summed E-state index contributed by atoms with van der Waals surface area (Å²) in [6.45, 7) is 0.688. The van der Waals surface area contributed by atoms with Crippen LogP contribution in [0.4, 0.5) is 0 Å². The molecule has 0 bridgehead atoms. The van der Waals surface area contributed by atoms with Crippen LogP contribution >= 0.6 is 0 Å². The minimum atomic E-state index is -0.0323. The van der Waals surface area contributed by atoms with Gasteiger partial charge in [0.25, 0.3) is 0 Å². The van der Waals surface area contributed by atoms with E-state index in [1.807, 2.05) is 30.7 Å². The summed E-state index contributed by atoms with van der Waals surface area (Å²) < 4.78 is 7.60. The average molecular weight is 313 g/mol. The molecule has 0 aliphatic heterocycles. The van der Waals surface area contributed by atoms with Crippen LogP contribution in [0.5, 0.6) is 0 Å². The van der Waals surface area contributed by atoms with Gasteiger partial charge in [-0.05, 0) is 31.2 Å². The fraction of sp³-hybridized carbons (Fsp3) is 0.444. The van der Waals surface area contributed by atoms with Crippen molar-refractivity contribution in [2.24, 2.45) is 0 Å². The maximum absolute atomic E-state index is 12.1. The molecule has 2 aromatic rings. The lowest BCUT2D eigenvalue weighted by Crippen LogP contribution is -2.40. The summed E-state index contributed by atoms with van der Waals surface area (Å²) in [5.41, 5.74) is 1.23. The van der Waals surface area contributed by atoms with Crippen LogP contribution in [0.1, 0.15) is 30.9 Å². The Morgan fingerprint density at radius 2 is 2.17 bits per heavy atom. The number of benzene rings is 1. The van der Waals surface area contributed by atoms with E-state index >= 15 is 0 Å². The van der Waals surface area contributed by atoms with E-state index in [-0.39, 0.29) is 18.6 Å². The Bertz CT molecular complexity index is 598. The Hall–Kier alpha value is -2.14. The molecule has 5 nitrogen and oxygen atoms in total.